The fraction of sp³-hybridized carbons (Fsp3) is 0.208. The number of benzene rings is 3. The highest BCUT2D eigenvalue weighted by atomic mass is 35.5. The lowest BCUT2D eigenvalue weighted by Gasteiger charge is -2.14. The third-order valence-corrected chi connectivity index (χ3v) is 7.08. The molecule has 0 aliphatic rings. The number of halogens is 1. The molecule has 0 unspecified atom stereocenters. The number of para-hydroxylation sites is 1. The SMILES string of the molecule is CCc1cccc(C)c1NC(=O)c1ccc(Cl)c(S(=O)(=O)Nc2ccc(C)c(C)c2)c1. The first-order chi connectivity index (χ1) is 14.6. The van der Waals surface area contributed by atoms with Crippen molar-refractivity contribution >= 4 is 38.9 Å². The maximum Gasteiger partial charge on any atom is 0.263 e. The van der Waals surface area contributed by atoms with Crippen molar-refractivity contribution in [1.82, 2.24) is 0 Å². The molecular formula is C24H25ClN2O3S. The van der Waals surface area contributed by atoms with Crippen molar-refractivity contribution in [2.24, 2.45) is 0 Å². The van der Waals surface area contributed by atoms with Crippen molar-refractivity contribution in [3.63, 3.8) is 0 Å². The minimum Gasteiger partial charge on any atom is -0.321 e. The molecule has 0 aromatic heterocycles. The van der Waals surface area contributed by atoms with E-state index in [4.69, 9.17) is 11.6 Å². The van der Waals surface area contributed by atoms with E-state index in [2.05, 4.69) is 10.0 Å². The number of sulfonamides is 1. The highest BCUT2D eigenvalue weighted by Crippen LogP contribution is 2.27. The van der Waals surface area contributed by atoms with Gasteiger partial charge in [-0.15, -0.1) is 0 Å². The van der Waals surface area contributed by atoms with E-state index in [1.807, 2.05) is 52.0 Å². The quantitative estimate of drug-likeness (QED) is 0.486. The number of amides is 1. The van der Waals surface area contributed by atoms with Crippen LogP contribution in [0.1, 0.15) is 39.5 Å². The summed E-state index contributed by atoms with van der Waals surface area (Å²) < 4.78 is 28.5. The van der Waals surface area contributed by atoms with Crippen LogP contribution in [0.5, 0.6) is 0 Å². The predicted octanol–water partition coefficient (Wildman–Crippen LogP) is 5.88. The molecule has 0 spiro atoms. The van der Waals surface area contributed by atoms with Crippen molar-refractivity contribution in [3.05, 3.63) is 87.4 Å². The Labute approximate surface area is 188 Å². The summed E-state index contributed by atoms with van der Waals surface area (Å²) in [6.45, 7) is 7.78. The smallest absolute Gasteiger partial charge is 0.263 e. The molecule has 3 aromatic rings. The second-order valence-corrected chi connectivity index (χ2v) is 9.52. The molecule has 2 N–H and O–H groups in total. The summed E-state index contributed by atoms with van der Waals surface area (Å²) in [5, 5.41) is 2.95. The van der Waals surface area contributed by atoms with E-state index in [1.54, 1.807) is 12.1 Å². The normalized spacial score (nSPS) is 11.3. The van der Waals surface area contributed by atoms with Crippen LogP contribution in [0.2, 0.25) is 5.02 Å². The third-order valence-electron chi connectivity index (χ3n) is 5.22. The lowest BCUT2D eigenvalue weighted by atomic mass is 10.1. The monoisotopic (exact) mass is 456 g/mol. The highest BCUT2D eigenvalue weighted by molar-refractivity contribution is 7.92. The Balaban J connectivity index is 1.92. The maximum atomic E-state index is 13.0. The molecule has 1 amide bonds. The number of aryl methyl sites for hydroxylation is 4. The van der Waals surface area contributed by atoms with Gasteiger partial charge >= 0.3 is 0 Å². The molecule has 0 atom stereocenters. The van der Waals surface area contributed by atoms with Gasteiger partial charge in [0.1, 0.15) is 4.90 Å². The average Bonchev–Trinajstić information content (AvgIpc) is 2.72. The van der Waals surface area contributed by atoms with Crippen LogP contribution in [-0.2, 0) is 16.4 Å². The predicted molar refractivity (Wildman–Crippen MR) is 127 cm³/mol. The molecule has 3 rings (SSSR count). The second-order valence-electron chi connectivity index (χ2n) is 7.47. The Kier molecular flexibility index (Phi) is 6.72. The number of anilines is 2. The first-order valence-electron chi connectivity index (χ1n) is 9.92. The molecule has 7 heteroatoms. The van der Waals surface area contributed by atoms with Crippen LogP contribution in [0.25, 0.3) is 0 Å². The standard InChI is InChI=1S/C24H25ClN2O3S/c1-5-18-8-6-7-16(3)23(18)26-24(28)19-10-12-21(25)22(14-19)31(29,30)27-20-11-9-15(2)17(4)13-20/h6-14,27H,5H2,1-4H3,(H,26,28). The topological polar surface area (TPSA) is 75.3 Å². The fourth-order valence-corrected chi connectivity index (χ4v) is 4.83. The van der Waals surface area contributed by atoms with Gasteiger partial charge in [-0.1, -0.05) is 42.8 Å². The van der Waals surface area contributed by atoms with E-state index < -0.39 is 15.9 Å². The lowest BCUT2D eigenvalue weighted by Crippen LogP contribution is -2.17. The largest absolute Gasteiger partial charge is 0.321 e. The first-order valence-corrected chi connectivity index (χ1v) is 11.8. The van der Waals surface area contributed by atoms with E-state index in [0.717, 1.165) is 34.4 Å². The minimum absolute atomic E-state index is 0.0398. The minimum atomic E-state index is -3.99. The zero-order valence-corrected chi connectivity index (χ0v) is 19.5. The summed E-state index contributed by atoms with van der Waals surface area (Å²) in [5.74, 6) is -0.400. The van der Waals surface area contributed by atoms with E-state index in [-0.39, 0.29) is 15.5 Å². The molecule has 0 heterocycles. The number of hydrogen-bond acceptors (Lipinski definition) is 3. The van der Waals surface area contributed by atoms with Crippen LogP contribution in [-0.4, -0.2) is 14.3 Å². The molecule has 3 aromatic carbocycles. The number of carbonyl (C=O) groups is 1. The number of hydrogen-bond donors (Lipinski definition) is 2. The van der Waals surface area contributed by atoms with Gasteiger partial charge < -0.3 is 5.32 Å². The van der Waals surface area contributed by atoms with Gasteiger partial charge in [-0.25, -0.2) is 8.42 Å². The van der Waals surface area contributed by atoms with Gasteiger partial charge in [-0.2, -0.15) is 0 Å². The van der Waals surface area contributed by atoms with Crippen LogP contribution in [0.3, 0.4) is 0 Å². The molecule has 0 saturated carbocycles. The van der Waals surface area contributed by atoms with Gasteiger partial charge in [-0.05, 0) is 79.8 Å². The summed E-state index contributed by atoms with van der Waals surface area (Å²) in [6.07, 6.45) is 0.761. The number of carbonyl (C=O) groups excluding carboxylic acids is 1. The molecule has 0 fully saturated rings. The van der Waals surface area contributed by atoms with Crippen molar-refractivity contribution in [3.8, 4) is 0 Å². The molecule has 0 saturated heterocycles. The van der Waals surface area contributed by atoms with Crippen LogP contribution in [0.4, 0.5) is 11.4 Å². The Morgan fingerprint density at radius 3 is 2.35 bits per heavy atom. The van der Waals surface area contributed by atoms with E-state index >= 15 is 0 Å². The summed E-state index contributed by atoms with van der Waals surface area (Å²) in [5.41, 5.74) is 5.34. The van der Waals surface area contributed by atoms with Crippen molar-refractivity contribution < 1.29 is 13.2 Å². The molecule has 5 nitrogen and oxygen atoms in total. The molecule has 0 aliphatic carbocycles. The van der Waals surface area contributed by atoms with Crippen LogP contribution in [0, 0.1) is 20.8 Å². The second kappa shape index (κ2) is 9.12. The maximum absolute atomic E-state index is 13.0. The van der Waals surface area contributed by atoms with E-state index in [9.17, 15) is 13.2 Å². The zero-order chi connectivity index (χ0) is 22.8. The molecule has 162 valence electrons. The highest BCUT2D eigenvalue weighted by Gasteiger charge is 2.21. The molecule has 0 bridgehead atoms. The van der Waals surface area contributed by atoms with Gasteiger partial charge in [0.05, 0.1) is 5.02 Å². The van der Waals surface area contributed by atoms with Crippen molar-refractivity contribution in [1.29, 1.82) is 0 Å². The number of rotatable bonds is 6. The third kappa shape index (κ3) is 5.09. The van der Waals surface area contributed by atoms with Crippen molar-refractivity contribution in [2.75, 3.05) is 10.0 Å². The summed E-state index contributed by atoms with van der Waals surface area (Å²) in [6, 6.07) is 15.3. The summed E-state index contributed by atoms with van der Waals surface area (Å²) >= 11 is 6.19. The van der Waals surface area contributed by atoms with Gasteiger partial charge in [0.2, 0.25) is 0 Å². The average molecular weight is 457 g/mol. The van der Waals surface area contributed by atoms with Gasteiger partial charge in [0.25, 0.3) is 15.9 Å². The summed E-state index contributed by atoms with van der Waals surface area (Å²) in [4.78, 5) is 12.7. The number of nitrogens with one attached hydrogen (secondary N) is 2. The van der Waals surface area contributed by atoms with Crippen LogP contribution < -0.4 is 10.0 Å². The van der Waals surface area contributed by atoms with Crippen LogP contribution in [0.15, 0.2) is 59.5 Å². The molecular weight excluding hydrogens is 432 g/mol. The van der Waals surface area contributed by atoms with Crippen LogP contribution >= 0.6 is 11.6 Å². The Morgan fingerprint density at radius 1 is 0.935 bits per heavy atom. The molecule has 31 heavy (non-hydrogen) atoms. The first kappa shape index (κ1) is 22.8. The van der Waals surface area contributed by atoms with Crippen molar-refractivity contribution in [2.45, 2.75) is 39.0 Å². The zero-order valence-electron chi connectivity index (χ0n) is 17.9. The lowest BCUT2D eigenvalue weighted by molar-refractivity contribution is 0.102. The van der Waals surface area contributed by atoms with Gasteiger partial charge in [0, 0.05) is 16.9 Å². The van der Waals surface area contributed by atoms with E-state index in [0.29, 0.717) is 5.69 Å². The molecule has 0 aliphatic heterocycles. The van der Waals surface area contributed by atoms with Gasteiger partial charge in [0.15, 0.2) is 0 Å². The van der Waals surface area contributed by atoms with Gasteiger partial charge in [-0.3, -0.25) is 9.52 Å². The Bertz CT molecular complexity index is 1250. The Morgan fingerprint density at radius 2 is 1.68 bits per heavy atom. The Hall–Kier alpha value is -2.83. The fourth-order valence-electron chi connectivity index (χ4n) is 3.25. The molecule has 0 radical (unpaired) electrons. The summed E-state index contributed by atoms with van der Waals surface area (Å²) in [7, 11) is -3.99. The van der Waals surface area contributed by atoms with E-state index in [1.165, 1.54) is 18.2 Å².